The van der Waals surface area contributed by atoms with Gasteiger partial charge in [0.25, 0.3) is 0 Å². The highest BCUT2D eigenvalue weighted by Crippen LogP contribution is 2.13. The van der Waals surface area contributed by atoms with Crippen molar-refractivity contribution in [3.63, 3.8) is 0 Å². The summed E-state index contributed by atoms with van der Waals surface area (Å²) in [4.78, 5) is 4.13. The van der Waals surface area contributed by atoms with Crippen LogP contribution >= 0.6 is 0 Å². The number of nitrogens with one attached hydrogen (secondary N) is 2. The van der Waals surface area contributed by atoms with E-state index in [4.69, 9.17) is 0 Å². The van der Waals surface area contributed by atoms with E-state index in [1.54, 1.807) is 6.07 Å². The fourth-order valence-electron chi connectivity index (χ4n) is 1.36. The number of aliphatic hydroxyl groups excluding tert-OH is 1. The SMILES string of the molecule is CNS(=O)(=O)c1ccc(N[C@H](CO)C(C)C)nc1. The predicted octanol–water partition coefficient (Wildman–Crippen LogP) is 0.418. The molecule has 0 aliphatic rings. The molecule has 7 heteroatoms. The third kappa shape index (κ3) is 3.66. The fourth-order valence-corrected chi connectivity index (χ4v) is 2.03. The first-order valence-corrected chi connectivity index (χ1v) is 7.16. The van der Waals surface area contributed by atoms with E-state index in [9.17, 15) is 13.5 Å². The lowest BCUT2D eigenvalue weighted by molar-refractivity contribution is 0.249. The summed E-state index contributed by atoms with van der Waals surface area (Å²) in [7, 11) is -2.11. The van der Waals surface area contributed by atoms with Crippen molar-refractivity contribution < 1.29 is 13.5 Å². The van der Waals surface area contributed by atoms with Gasteiger partial charge in [0.05, 0.1) is 12.6 Å². The van der Waals surface area contributed by atoms with Crippen molar-refractivity contribution in [2.75, 3.05) is 19.0 Å². The molecular formula is C11H19N3O3S. The number of rotatable bonds is 6. The molecule has 0 bridgehead atoms. The van der Waals surface area contributed by atoms with Crippen LogP contribution in [0.25, 0.3) is 0 Å². The van der Waals surface area contributed by atoms with E-state index in [-0.39, 0.29) is 23.5 Å². The standard InChI is InChI=1S/C11H19N3O3S/c1-8(2)10(7-15)14-11-5-4-9(6-13-11)18(16,17)12-3/h4-6,8,10,12,15H,7H2,1-3H3,(H,13,14)/t10-/m1/s1. The highest BCUT2D eigenvalue weighted by Gasteiger charge is 2.14. The molecule has 1 heterocycles. The second kappa shape index (κ2) is 6.12. The first-order valence-electron chi connectivity index (χ1n) is 5.67. The van der Waals surface area contributed by atoms with Gasteiger partial charge in [-0.15, -0.1) is 0 Å². The maximum atomic E-state index is 11.5. The van der Waals surface area contributed by atoms with E-state index in [0.29, 0.717) is 5.82 Å². The minimum Gasteiger partial charge on any atom is -0.394 e. The molecule has 0 saturated heterocycles. The molecule has 0 saturated carbocycles. The third-order valence-electron chi connectivity index (χ3n) is 2.65. The first-order chi connectivity index (χ1) is 8.40. The molecule has 1 atom stereocenters. The van der Waals surface area contributed by atoms with E-state index < -0.39 is 10.0 Å². The first kappa shape index (κ1) is 14.9. The lowest BCUT2D eigenvalue weighted by atomic mass is 10.1. The summed E-state index contributed by atoms with van der Waals surface area (Å²) in [6, 6.07) is 2.94. The van der Waals surface area contributed by atoms with Crippen LogP contribution in [-0.2, 0) is 10.0 Å². The number of anilines is 1. The summed E-state index contributed by atoms with van der Waals surface area (Å²) in [5, 5.41) is 12.2. The molecule has 102 valence electrons. The van der Waals surface area contributed by atoms with Crippen molar-refractivity contribution >= 4 is 15.8 Å². The van der Waals surface area contributed by atoms with Gasteiger partial charge in [-0.3, -0.25) is 0 Å². The highest BCUT2D eigenvalue weighted by molar-refractivity contribution is 7.89. The Labute approximate surface area is 107 Å². The monoisotopic (exact) mass is 273 g/mol. The molecule has 6 nitrogen and oxygen atoms in total. The number of pyridine rings is 1. The summed E-state index contributed by atoms with van der Waals surface area (Å²) >= 11 is 0. The molecule has 3 N–H and O–H groups in total. The van der Waals surface area contributed by atoms with Crippen molar-refractivity contribution in [1.82, 2.24) is 9.71 Å². The van der Waals surface area contributed by atoms with Crippen LogP contribution < -0.4 is 10.0 Å². The van der Waals surface area contributed by atoms with E-state index in [2.05, 4.69) is 15.0 Å². The van der Waals surface area contributed by atoms with Gasteiger partial charge in [-0.2, -0.15) is 0 Å². The molecule has 0 aliphatic heterocycles. The lowest BCUT2D eigenvalue weighted by Gasteiger charge is -2.20. The Morgan fingerprint density at radius 1 is 1.39 bits per heavy atom. The summed E-state index contributed by atoms with van der Waals surface area (Å²) in [6.07, 6.45) is 1.28. The van der Waals surface area contributed by atoms with E-state index in [1.165, 1.54) is 19.3 Å². The molecule has 1 rings (SSSR count). The Balaban J connectivity index is 2.84. The Kier molecular flexibility index (Phi) is 5.06. The maximum Gasteiger partial charge on any atom is 0.241 e. The number of hydrogen-bond donors (Lipinski definition) is 3. The van der Waals surface area contributed by atoms with Crippen LogP contribution in [0.1, 0.15) is 13.8 Å². The molecule has 0 aromatic carbocycles. The molecule has 0 radical (unpaired) electrons. The number of nitrogens with zero attached hydrogens (tertiary/aromatic N) is 1. The van der Waals surface area contributed by atoms with Crippen LogP contribution in [0.15, 0.2) is 23.2 Å². The van der Waals surface area contributed by atoms with Gasteiger partial charge in [0.2, 0.25) is 10.0 Å². The molecule has 0 fully saturated rings. The third-order valence-corrected chi connectivity index (χ3v) is 4.05. The van der Waals surface area contributed by atoms with Crippen LogP contribution in [0.4, 0.5) is 5.82 Å². The molecule has 0 spiro atoms. The summed E-state index contributed by atoms with van der Waals surface area (Å²) < 4.78 is 25.2. The molecule has 0 aliphatic carbocycles. The summed E-state index contributed by atoms with van der Waals surface area (Å²) in [5.41, 5.74) is 0. The maximum absolute atomic E-state index is 11.5. The molecule has 0 unspecified atom stereocenters. The largest absolute Gasteiger partial charge is 0.394 e. The lowest BCUT2D eigenvalue weighted by Crippen LogP contribution is -2.29. The zero-order chi connectivity index (χ0) is 13.8. The number of aliphatic hydroxyl groups is 1. The predicted molar refractivity (Wildman–Crippen MR) is 69.8 cm³/mol. The van der Waals surface area contributed by atoms with E-state index in [1.807, 2.05) is 13.8 Å². The Hall–Kier alpha value is -1.18. The van der Waals surface area contributed by atoms with Crippen LogP contribution in [0.3, 0.4) is 0 Å². The van der Waals surface area contributed by atoms with Crippen LogP contribution in [-0.4, -0.2) is 38.2 Å². The van der Waals surface area contributed by atoms with Gasteiger partial charge in [0.15, 0.2) is 0 Å². The Morgan fingerprint density at radius 3 is 2.44 bits per heavy atom. The normalized spacial score (nSPS) is 13.6. The highest BCUT2D eigenvalue weighted by atomic mass is 32.2. The minimum atomic E-state index is -3.45. The van der Waals surface area contributed by atoms with Gasteiger partial charge in [0.1, 0.15) is 10.7 Å². The Bertz CT molecular complexity index is 471. The average Bonchev–Trinajstić information content (AvgIpc) is 2.36. The number of hydrogen-bond acceptors (Lipinski definition) is 5. The quantitative estimate of drug-likeness (QED) is 0.698. The molecule has 1 aromatic rings. The minimum absolute atomic E-state index is 0.00406. The smallest absolute Gasteiger partial charge is 0.241 e. The van der Waals surface area contributed by atoms with Crippen LogP contribution in [0.2, 0.25) is 0 Å². The molecular weight excluding hydrogens is 254 g/mol. The Morgan fingerprint density at radius 2 is 2.06 bits per heavy atom. The van der Waals surface area contributed by atoms with E-state index >= 15 is 0 Å². The van der Waals surface area contributed by atoms with Gasteiger partial charge >= 0.3 is 0 Å². The van der Waals surface area contributed by atoms with Crippen molar-refractivity contribution in [2.24, 2.45) is 5.92 Å². The molecule has 18 heavy (non-hydrogen) atoms. The van der Waals surface area contributed by atoms with Gasteiger partial charge in [-0.1, -0.05) is 13.8 Å². The topological polar surface area (TPSA) is 91.3 Å². The van der Waals surface area contributed by atoms with Crippen LogP contribution in [0.5, 0.6) is 0 Å². The van der Waals surface area contributed by atoms with Gasteiger partial charge < -0.3 is 10.4 Å². The number of aromatic nitrogens is 1. The zero-order valence-electron chi connectivity index (χ0n) is 10.7. The van der Waals surface area contributed by atoms with Crippen molar-refractivity contribution in [3.8, 4) is 0 Å². The fraction of sp³-hybridized carbons (Fsp3) is 0.545. The second-order valence-electron chi connectivity index (χ2n) is 4.26. The van der Waals surface area contributed by atoms with E-state index in [0.717, 1.165) is 0 Å². The second-order valence-corrected chi connectivity index (χ2v) is 6.15. The van der Waals surface area contributed by atoms with Crippen molar-refractivity contribution in [1.29, 1.82) is 0 Å². The average molecular weight is 273 g/mol. The number of sulfonamides is 1. The van der Waals surface area contributed by atoms with Crippen molar-refractivity contribution in [2.45, 2.75) is 24.8 Å². The summed E-state index contributed by atoms with van der Waals surface area (Å²) in [6.45, 7) is 3.96. The van der Waals surface area contributed by atoms with Gasteiger partial charge in [-0.25, -0.2) is 18.1 Å². The van der Waals surface area contributed by atoms with Crippen molar-refractivity contribution in [3.05, 3.63) is 18.3 Å². The zero-order valence-corrected chi connectivity index (χ0v) is 11.5. The van der Waals surface area contributed by atoms with Crippen LogP contribution in [0, 0.1) is 5.92 Å². The van der Waals surface area contributed by atoms with Gasteiger partial charge in [0, 0.05) is 6.20 Å². The summed E-state index contributed by atoms with van der Waals surface area (Å²) in [5.74, 6) is 0.787. The van der Waals surface area contributed by atoms with Gasteiger partial charge in [-0.05, 0) is 25.1 Å². The molecule has 1 aromatic heterocycles. The molecule has 0 amide bonds.